The number of amides is 3. The smallest absolute Gasteiger partial charge is 0.328 e. The number of carbonyl (C=O) groups excluding carboxylic acids is 2. The largest absolute Gasteiger partial charge is 0.355 e. The summed E-state index contributed by atoms with van der Waals surface area (Å²) in [5, 5.41) is 5.72. The first-order chi connectivity index (χ1) is 19.1. The number of hydrogen-bond acceptors (Lipinski definition) is 6. The van der Waals surface area contributed by atoms with Gasteiger partial charge in [0.1, 0.15) is 5.82 Å². The predicted octanol–water partition coefficient (Wildman–Crippen LogP) is 5.34. The van der Waals surface area contributed by atoms with E-state index in [4.69, 9.17) is 11.6 Å². The molecule has 1 saturated heterocycles. The van der Waals surface area contributed by atoms with Gasteiger partial charge in [0.15, 0.2) is 5.03 Å². The quantitative estimate of drug-likeness (QED) is 0.327. The van der Waals surface area contributed by atoms with Gasteiger partial charge in [0.2, 0.25) is 0 Å². The molecule has 0 spiro atoms. The second-order valence-electron chi connectivity index (χ2n) is 9.63. The normalized spacial score (nSPS) is 14.1. The lowest BCUT2D eigenvalue weighted by Crippen LogP contribution is -2.40. The minimum absolute atomic E-state index is 0.184. The van der Waals surface area contributed by atoms with Crippen LogP contribution in [0.5, 0.6) is 0 Å². The third kappa shape index (κ3) is 7.08. The number of likely N-dealkylation sites (tertiary alicyclic amines) is 1. The van der Waals surface area contributed by atoms with Crippen molar-refractivity contribution in [3.8, 4) is 0 Å². The van der Waals surface area contributed by atoms with Crippen molar-refractivity contribution in [3.05, 3.63) is 82.3 Å². The lowest BCUT2D eigenvalue weighted by atomic mass is 9.89. The Kier molecular flexibility index (Phi) is 9.26. The highest BCUT2D eigenvalue weighted by Gasteiger charge is 2.28. The van der Waals surface area contributed by atoms with Gasteiger partial charge in [-0.3, -0.25) is 4.79 Å². The average molecular weight is 588 g/mol. The summed E-state index contributed by atoms with van der Waals surface area (Å²) in [6, 6.07) is 11.9. The van der Waals surface area contributed by atoms with Gasteiger partial charge in [0.25, 0.3) is 15.9 Å². The Morgan fingerprint density at radius 3 is 2.42 bits per heavy atom. The van der Waals surface area contributed by atoms with E-state index in [2.05, 4.69) is 15.6 Å². The van der Waals surface area contributed by atoms with Crippen molar-refractivity contribution in [1.29, 1.82) is 0 Å². The van der Waals surface area contributed by atoms with Crippen LogP contribution >= 0.6 is 11.6 Å². The van der Waals surface area contributed by atoms with E-state index in [9.17, 15) is 22.4 Å². The monoisotopic (exact) mass is 587 g/mol. The van der Waals surface area contributed by atoms with Crippen LogP contribution in [0.15, 0.2) is 59.8 Å². The SMILES string of the molecule is CCCNC(=O)NS(=O)(=O)c1cc(Nc2ccc(Cl)cc2C)c(C(=O)N2CCC(c3ccc(F)cc3)CC2)cn1. The Bertz CT molecular complexity index is 1490. The highest BCUT2D eigenvalue weighted by Crippen LogP contribution is 2.31. The molecule has 0 atom stereocenters. The van der Waals surface area contributed by atoms with Crippen LogP contribution in [0.25, 0.3) is 0 Å². The summed E-state index contributed by atoms with van der Waals surface area (Å²) in [5.74, 6) is -0.395. The number of nitrogens with one attached hydrogen (secondary N) is 3. The Labute approximate surface area is 238 Å². The Hall–Kier alpha value is -3.70. The summed E-state index contributed by atoms with van der Waals surface area (Å²) in [5.41, 5.74) is 2.84. The fraction of sp³-hybridized carbons (Fsp3) is 0.321. The van der Waals surface area contributed by atoms with Gasteiger partial charge >= 0.3 is 6.03 Å². The molecule has 0 unspecified atom stereocenters. The van der Waals surface area contributed by atoms with Crippen LogP contribution in [0.2, 0.25) is 5.02 Å². The van der Waals surface area contributed by atoms with E-state index in [0.717, 1.165) is 11.1 Å². The predicted molar refractivity (Wildman–Crippen MR) is 152 cm³/mol. The van der Waals surface area contributed by atoms with Crippen LogP contribution in [0.1, 0.15) is 53.6 Å². The number of nitrogens with zero attached hydrogens (tertiary/aromatic N) is 2. The summed E-state index contributed by atoms with van der Waals surface area (Å²) >= 11 is 6.09. The van der Waals surface area contributed by atoms with E-state index in [-0.39, 0.29) is 28.9 Å². The second kappa shape index (κ2) is 12.6. The fourth-order valence-electron chi connectivity index (χ4n) is 4.54. The summed E-state index contributed by atoms with van der Waals surface area (Å²) in [6.07, 6.45) is 3.25. The number of carbonyl (C=O) groups is 2. The van der Waals surface area contributed by atoms with Gasteiger partial charge in [-0.25, -0.2) is 18.9 Å². The van der Waals surface area contributed by atoms with E-state index in [1.54, 1.807) is 35.2 Å². The Morgan fingerprint density at radius 2 is 1.77 bits per heavy atom. The summed E-state index contributed by atoms with van der Waals surface area (Å²) in [4.78, 5) is 31.4. The van der Waals surface area contributed by atoms with Crippen LogP contribution in [-0.4, -0.2) is 49.9 Å². The zero-order valence-corrected chi connectivity index (χ0v) is 23.8. The number of halogens is 2. The van der Waals surface area contributed by atoms with E-state index < -0.39 is 21.1 Å². The van der Waals surface area contributed by atoms with Gasteiger partial charge in [-0.05, 0) is 73.6 Å². The molecule has 12 heteroatoms. The summed E-state index contributed by atoms with van der Waals surface area (Å²) < 4.78 is 41.1. The van der Waals surface area contributed by atoms with E-state index >= 15 is 0 Å². The molecule has 1 fully saturated rings. The third-order valence-corrected chi connectivity index (χ3v) is 8.19. The molecule has 1 aromatic heterocycles. The second-order valence-corrected chi connectivity index (χ2v) is 11.7. The van der Waals surface area contributed by atoms with Crippen LogP contribution in [-0.2, 0) is 10.0 Å². The number of rotatable bonds is 8. The molecule has 0 aliphatic carbocycles. The van der Waals surface area contributed by atoms with Crippen LogP contribution in [0, 0.1) is 12.7 Å². The van der Waals surface area contributed by atoms with E-state index in [1.807, 2.05) is 18.6 Å². The summed E-state index contributed by atoms with van der Waals surface area (Å²) in [6.45, 7) is 4.92. The molecule has 2 heterocycles. The molecule has 1 aliphatic rings. The summed E-state index contributed by atoms with van der Waals surface area (Å²) in [7, 11) is -4.32. The molecule has 3 amide bonds. The zero-order chi connectivity index (χ0) is 28.9. The minimum atomic E-state index is -4.32. The third-order valence-electron chi connectivity index (χ3n) is 6.73. The average Bonchev–Trinajstić information content (AvgIpc) is 2.93. The van der Waals surface area contributed by atoms with Crippen LogP contribution in [0.3, 0.4) is 0 Å². The fourth-order valence-corrected chi connectivity index (χ4v) is 5.65. The number of benzene rings is 2. The molecule has 0 bridgehead atoms. The molecule has 40 heavy (non-hydrogen) atoms. The van der Waals surface area contributed by atoms with Crippen molar-refractivity contribution in [2.24, 2.45) is 0 Å². The number of pyridine rings is 1. The van der Waals surface area contributed by atoms with Crippen molar-refractivity contribution >= 4 is 44.9 Å². The number of anilines is 2. The number of urea groups is 1. The standard InChI is InChI=1S/C28H31ClFN5O4S/c1-3-12-31-28(37)34-40(38,39)26-16-25(33-24-9-6-21(29)15-18(24)2)23(17-32-26)27(36)35-13-10-20(11-14-35)19-4-7-22(30)8-5-19/h4-9,15-17,20H,3,10-14H2,1-2H3,(H,32,33)(H2,31,34,37). The van der Waals surface area contributed by atoms with Crippen LogP contribution < -0.4 is 15.4 Å². The topological polar surface area (TPSA) is 120 Å². The molecule has 4 rings (SSSR count). The number of hydrogen-bond donors (Lipinski definition) is 3. The first-order valence-electron chi connectivity index (χ1n) is 13.0. The lowest BCUT2D eigenvalue weighted by Gasteiger charge is -2.32. The molecule has 212 valence electrons. The molecule has 0 saturated carbocycles. The van der Waals surface area contributed by atoms with Gasteiger partial charge < -0.3 is 15.5 Å². The molecule has 9 nitrogen and oxygen atoms in total. The highest BCUT2D eigenvalue weighted by molar-refractivity contribution is 7.90. The van der Waals surface area contributed by atoms with Crippen molar-refractivity contribution in [3.63, 3.8) is 0 Å². The minimum Gasteiger partial charge on any atom is -0.355 e. The molecule has 1 aliphatic heterocycles. The molecule has 3 aromatic rings. The molecule has 2 aromatic carbocycles. The highest BCUT2D eigenvalue weighted by atomic mass is 35.5. The molecular formula is C28H31ClFN5O4S. The van der Waals surface area contributed by atoms with E-state index in [0.29, 0.717) is 49.6 Å². The van der Waals surface area contributed by atoms with E-state index in [1.165, 1.54) is 24.4 Å². The van der Waals surface area contributed by atoms with Crippen molar-refractivity contribution in [1.82, 2.24) is 19.9 Å². The molecule has 0 radical (unpaired) electrons. The molecular weight excluding hydrogens is 557 g/mol. The van der Waals surface area contributed by atoms with Crippen molar-refractivity contribution < 1.29 is 22.4 Å². The maximum absolute atomic E-state index is 13.6. The first kappa shape index (κ1) is 29.3. The van der Waals surface area contributed by atoms with Gasteiger partial charge in [0, 0.05) is 42.6 Å². The zero-order valence-electron chi connectivity index (χ0n) is 22.2. The van der Waals surface area contributed by atoms with Gasteiger partial charge in [-0.1, -0.05) is 30.7 Å². The van der Waals surface area contributed by atoms with Gasteiger partial charge in [-0.2, -0.15) is 8.42 Å². The lowest BCUT2D eigenvalue weighted by molar-refractivity contribution is 0.0713. The molecule has 3 N–H and O–H groups in total. The van der Waals surface area contributed by atoms with Gasteiger partial charge in [0.05, 0.1) is 11.3 Å². The number of sulfonamides is 1. The number of aromatic nitrogens is 1. The number of aryl methyl sites for hydroxylation is 1. The Balaban J connectivity index is 1.60. The number of piperidine rings is 1. The van der Waals surface area contributed by atoms with Gasteiger partial charge in [-0.15, -0.1) is 0 Å². The van der Waals surface area contributed by atoms with Crippen molar-refractivity contribution in [2.45, 2.75) is 44.1 Å². The Morgan fingerprint density at radius 1 is 1.07 bits per heavy atom. The maximum atomic E-state index is 13.6. The van der Waals surface area contributed by atoms with Crippen LogP contribution in [0.4, 0.5) is 20.6 Å². The first-order valence-corrected chi connectivity index (χ1v) is 14.8. The maximum Gasteiger partial charge on any atom is 0.328 e. The van der Waals surface area contributed by atoms with Crippen molar-refractivity contribution in [2.75, 3.05) is 25.0 Å².